The van der Waals surface area contributed by atoms with Gasteiger partial charge >= 0.3 is 5.97 Å². The highest BCUT2D eigenvalue weighted by Gasteiger charge is 2.17. The van der Waals surface area contributed by atoms with Crippen molar-refractivity contribution >= 4 is 38.9 Å². The Morgan fingerprint density at radius 3 is 2.28 bits per heavy atom. The number of halogens is 1. The first-order valence-corrected chi connectivity index (χ1v) is 12.2. The van der Waals surface area contributed by atoms with Crippen LogP contribution in [0.2, 0.25) is 0 Å². The fourth-order valence-electron chi connectivity index (χ4n) is 2.59. The molecule has 1 aromatic heterocycles. The van der Waals surface area contributed by atoms with E-state index >= 15 is 0 Å². The molecule has 0 unspecified atom stereocenters. The van der Waals surface area contributed by atoms with Crippen molar-refractivity contribution in [3.8, 4) is 21.6 Å². The molecule has 0 radical (unpaired) electrons. The number of hydrogen-bond donors (Lipinski definition) is 2. The van der Waals surface area contributed by atoms with Crippen LogP contribution in [-0.2, 0) is 14.6 Å². The maximum absolute atomic E-state index is 13.3. The van der Waals surface area contributed by atoms with Crippen molar-refractivity contribution in [1.29, 1.82) is 0 Å². The molecule has 3 rings (SSSR count). The van der Waals surface area contributed by atoms with Gasteiger partial charge in [0.15, 0.2) is 9.84 Å². The second kappa shape index (κ2) is 8.66. The molecule has 0 amide bonds. The average Bonchev–Trinajstić information content (AvgIpc) is 3.10. The maximum Gasteiger partial charge on any atom is 0.321 e. The Bertz CT molecular complexity index is 1120. The Morgan fingerprint density at radius 1 is 1.14 bits per heavy atom. The molecule has 0 aliphatic carbocycles. The lowest BCUT2D eigenvalue weighted by atomic mass is 10.0. The normalized spacial score (nSPS) is 12.7. The van der Waals surface area contributed by atoms with Gasteiger partial charge in [0.05, 0.1) is 9.10 Å². The zero-order valence-corrected chi connectivity index (χ0v) is 17.8. The summed E-state index contributed by atoms with van der Waals surface area (Å²) < 4.78 is 37.6. The number of thiophene rings is 1. The van der Waals surface area contributed by atoms with Crippen LogP contribution in [0.3, 0.4) is 0 Å². The number of carboxylic acids is 1. The van der Waals surface area contributed by atoms with Gasteiger partial charge in [-0.05, 0) is 41.5 Å². The Morgan fingerprint density at radius 2 is 1.72 bits per heavy atom. The SMILES string of the molecule is CS(=O)(=O)c1ccc(-c2cc(SC[C@H](N)C(=O)O)sc2-c2ccc(F)cc2)cc1. The average molecular weight is 452 g/mol. The van der Waals surface area contributed by atoms with E-state index in [1.54, 1.807) is 36.4 Å². The van der Waals surface area contributed by atoms with Gasteiger partial charge in [-0.3, -0.25) is 4.79 Å². The van der Waals surface area contributed by atoms with Crippen LogP contribution in [0.5, 0.6) is 0 Å². The summed E-state index contributed by atoms with van der Waals surface area (Å²) in [6.45, 7) is 0. The molecule has 29 heavy (non-hydrogen) atoms. The summed E-state index contributed by atoms with van der Waals surface area (Å²) in [4.78, 5) is 12.1. The summed E-state index contributed by atoms with van der Waals surface area (Å²) in [7, 11) is -3.30. The Labute approximate surface area is 176 Å². The van der Waals surface area contributed by atoms with Gasteiger partial charge in [-0.15, -0.1) is 23.1 Å². The highest BCUT2D eigenvalue weighted by atomic mass is 32.2. The van der Waals surface area contributed by atoms with Crippen LogP contribution in [0.25, 0.3) is 21.6 Å². The maximum atomic E-state index is 13.3. The van der Waals surface area contributed by atoms with E-state index in [0.717, 1.165) is 32.0 Å². The van der Waals surface area contributed by atoms with Gasteiger partial charge in [0, 0.05) is 22.4 Å². The second-order valence-corrected chi connectivity index (χ2v) is 10.8. The summed E-state index contributed by atoms with van der Waals surface area (Å²) in [5.41, 5.74) is 8.07. The molecule has 0 aliphatic heterocycles. The molecule has 0 fully saturated rings. The van der Waals surface area contributed by atoms with Crippen molar-refractivity contribution < 1.29 is 22.7 Å². The summed E-state index contributed by atoms with van der Waals surface area (Å²) >= 11 is 2.78. The molecule has 3 aromatic rings. The number of hydrogen-bond acceptors (Lipinski definition) is 6. The number of aliphatic carboxylic acids is 1. The van der Waals surface area contributed by atoms with Crippen molar-refractivity contribution in [2.24, 2.45) is 5.73 Å². The van der Waals surface area contributed by atoms with E-state index in [1.807, 2.05) is 6.07 Å². The number of carboxylic acid groups (broad SMARTS) is 1. The summed E-state index contributed by atoms with van der Waals surface area (Å²) in [5.74, 6) is -1.19. The van der Waals surface area contributed by atoms with Gasteiger partial charge in [-0.1, -0.05) is 24.3 Å². The molecule has 5 nitrogen and oxygen atoms in total. The zero-order valence-electron chi connectivity index (χ0n) is 15.3. The molecular weight excluding hydrogens is 433 g/mol. The minimum atomic E-state index is -3.30. The van der Waals surface area contributed by atoms with Gasteiger partial charge < -0.3 is 10.8 Å². The van der Waals surface area contributed by atoms with Crippen LogP contribution in [-0.4, -0.2) is 37.5 Å². The summed E-state index contributed by atoms with van der Waals surface area (Å²) in [6.07, 6.45) is 1.15. The van der Waals surface area contributed by atoms with Gasteiger partial charge in [-0.2, -0.15) is 0 Å². The largest absolute Gasteiger partial charge is 0.480 e. The predicted octanol–water partition coefficient (Wildman–Crippen LogP) is 4.13. The first kappa shape index (κ1) is 21.5. The Kier molecular flexibility index (Phi) is 6.42. The lowest BCUT2D eigenvalue weighted by Crippen LogP contribution is -2.32. The minimum absolute atomic E-state index is 0.213. The van der Waals surface area contributed by atoms with E-state index < -0.39 is 21.8 Å². The van der Waals surface area contributed by atoms with Crippen LogP contribution in [0.1, 0.15) is 0 Å². The highest BCUT2D eigenvalue weighted by Crippen LogP contribution is 2.43. The topological polar surface area (TPSA) is 97.5 Å². The molecule has 0 bridgehead atoms. The number of sulfone groups is 1. The summed E-state index contributed by atoms with van der Waals surface area (Å²) in [6, 6.07) is 13.6. The molecule has 152 valence electrons. The quantitative estimate of drug-likeness (QED) is 0.524. The van der Waals surface area contributed by atoms with Gasteiger partial charge in [-0.25, -0.2) is 12.8 Å². The minimum Gasteiger partial charge on any atom is -0.480 e. The molecule has 9 heteroatoms. The Hall–Kier alpha value is -2.20. The molecule has 0 aliphatic rings. The van der Waals surface area contributed by atoms with Crippen LogP contribution in [0.4, 0.5) is 4.39 Å². The van der Waals surface area contributed by atoms with Crippen molar-refractivity contribution in [1.82, 2.24) is 0 Å². The molecule has 0 saturated heterocycles. The second-order valence-electron chi connectivity index (χ2n) is 6.37. The first-order valence-electron chi connectivity index (χ1n) is 8.46. The Balaban J connectivity index is 2.01. The third kappa shape index (κ3) is 5.24. The molecular formula is C20H18FNO4S3. The van der Waals surface area contributed by atoms with E-state index in [1.165, 1.54) is 35.2 Å². The van der Waals surface area contributed by atoms with E-state index in [2.05, 4.69) is 0 Å². The third-order valence-corrected chi connectivity index (χ3v) is 7.77. The third-order valence-electron chi connectivity index (χ3n) is 4.13. The molecule has 2 aromatic carbocycles. The van der Waals surface area contributed by atoms with E-state index in [0.29, 0.717) is 0 Å². The van der Waals surface area contributed by atoms with E-state index in [9.17, 15) is 17.6 Å². The van der Waals surface area contributed by atoms with Crippen LogP contribution >= 0.6 is 23.1 Å². The predicted molar refractivity (Wildman–Crippen MR) is 115 cm³/mol. The fraction of sp³-hybridized carbons (Fsp3) is 0.150. The van der Waals surface area contributed by atoms with Crippen molar-refractivity contribution in [3.05, 3.63) is 60.4 Å². The zero-order chi connectivity index (χ0) is 21.2. The molecule has 1 heterocycles. The van der Waals surface area contributed by atoms with Crippen LogP contribution in [0.15, 0.2) is 63.7 Å². The fourth-order valence-corrected chi connectivity index (χ4v) is 5.52. The monoisotopic (exact) mass is 451 g/mol. The smallest absolute Gasteiger partial charge is 0.321 e. The van der Waals surface area contributed by atoms with Gasteiger partial charge in [0.1, 0.15) is 11.9 Å². The molecule has 0 spiro atoms. The lowest BCUT2D eigenvalue weighted by Gasteiger charge is -2.06. The number of nitrogens with two attached hydrogens (primary N) is 1. The number of rotatable bonds is 7. The first-order chi connectivity index (χ1) is 13.6. The standard InChI is InChI=1S/C20H18FNO4S3/c1-29(25,26)15-8-4-12(5-9-15)16-10-18(27-11-17(22)20(23)24)28-19(16)13-2-6-14(21)7-3-13/h2-10,17H,11,22H2,1H3,(H,23,24)/t17-/m0/s1. The lowest BCUT2D eigenvalue weighted by molar-refractivity contribution is -0.137. The number of benzene rings is 2. The van der Waals surface area contributed by atoms with Gasteiger partial charge in [0.25, 0.3) is 0 Å². The number of thioether (sulfide) groups is 1. The van der Waals surface area contributed by atoms with Crippen molar-refractivity contribution in [2.75, 3.05) is 12.0 Å². The van der Waals surface area contributed by atoms with E-state index in [-0.39, 0.29) is 16.5 Å². The van der Waals surface area contributed by atoms with Crippen molar-refractivity contribution in [3.63, 3.8) is 0 Å². The summed E-state index contributed by atoms with van der Waals surface area (Å²) in [5, 5.41) is 8.97. The van der Waals surface area contributed by atoms with Crippen LogP contribution < -0.4 is 5.73 Å². The van der Waals surface area contributed by atoms with Crippen LogP contribution in [0, 0.1) is 5.82 Å². The molecule has 0 saturated carbocycles. The van der Waals surface area contributed by atoms with Gasteiger partial charge in [0.2, 0.25) is 0 Å². The van der Waals surface area contributed by atoms with E-state index in [4.69, 9.17) is 10.8 Å². The number of carbonyl (C=O) groups is 1. The molecule has 1 atom stereocenters. The highest BCUT2D eigenvalue weighted by molar-refractivity contribution is 8.01. The van der Waals surface area contributed by atoms with Crippen molar-refractivity contribution in [2.45, 2.75) is 15.1 Å². The molecule has 3 N–H and O–H groups in total.